The van der Waals surface area contributed by atoms with Crippen LogP contribution in [0.3, 0.4) is 0 Å². The number of carbonyl (C=O) groups excluding carboxylic acids is 1. The molecule has 1 fully saturated rings. The second kappa shape index (κ2) is 5.07. The van der Waals surface area contributed by atoms with E-state index in [1.807, 2.05) is 0 Å². The molecule has 0 aromatic heterocycles. The minimum atomic E-state index is -3.48. The first kappa shape index (κ1) is 13.0. The van der Waals surface area contributed by atoms with Crippen LogP contribution in [0.1, 0.15) is 12.8 Å². The van der Waals surface area contributed by atoms with E-state index in [0.717, 1.165) is 0 Å². The molecule has 5 nitrogen and oxygen atoms in total. The van der Waals surface area contributed by atoms with Crippen molar-refractivity contribution in [1.29, 1.82) is 0 Å². The van der Waals surface area contributed by atoms with E-state index in [1.165, 1.54) is 23.5 Å². The van der Waals surface area contributed by atoms with Gasteiger partial charge in [-0.15, -0.1) is 0 Å². The van der Waals surface area contributed by atoms with Gasteiger partial charge in [-0.3, -0.25) is 4.79 Å². The number of hydrogen-bond donors (Lipinski definition) is 0. The first-order valence-corrected chi connectivity index (χ1v) is 7.14. The molecule has 0 bridgehead atoms. The Labute approximate surface area is 106 Å². The molecule has 6 heteroatoms. The number of hydrogen-bond acceptors (Lipinski definition) is 4. The highest BCUT2D eigenvalue weighted by Gasteiger charge is 2.28. The second-order valence-electron chi connectivity index (χ2n) is 4.12. The van der Waals surface area contributed by atoms with Crippen LogP contribution < -0.4 is 4.74 Å². The lowest BCUT2D eigenvalue weighted by molar-refractivity contribution is -0.120. The molecular weight excluding hydrogens is 254 g/mol. The van der Waals surface area contributed by atoms with E-state index in [9.17, 15) is 13.2 Å². The van der Waals surface area contributed by atoms with Crippen molar-refractivity contribution in [3.63, 3.8) is 0 Å². The first-order valence-electron chi connectivity index (χ1n) is 5.70. The predicted octanol–water partition coefficient (Wildman–Crippen LogP) is 1.05. The summed E-state index contributed by atoms with van der Waals surface area (Å²) in [5.74, 6) is 0.735. The molecule has 0 N–H and O–H groups in total. The number of nitrogens with zero attached hydrogens (tertiary/aromatic N) is 1. The molecule has 0 amide bonds. The molecule has 0 aliphatic carbocycles. The smallest absolute Gasteiger partial charge is 0.243 e. The van der Waals surface area contributed by atoms with E-state index in [2.05, 4.69) is 0 Å². The molecule has 1 aromatic rings. The predicted molar refractivity (Wildman–Crippen MR) is 66.0 cm³/mol. The molecular formula is C12H15NO4S. The number of rotatable bonds is 3. The van der Waals surface area contributed by atoms with Crippen LogP contribution in [0.25, 0.3) is 0 Å². The monoisotopic (exact) mass is 269 g/mol. The van der Waals surface area contributed by atoms with E-state index in [-0.39, 0.29) is 23.8 Å². The van der Waals surface area contributed by atoms with Gasteiger partial charge in [0.1, 0.15) is 11.5 Å². The van der Waals surface area contributed by atoms with E-state index >= 15 is 0 Å². The summed E-state index contributed by atoms with van der Waals surface area (Å²) >= 11 is 0. The van der Waals surface area contributed by atoms with Crippen LogP contribution >= 0.6 is 0 Å². The average Bonchev–Trinajstić information content (AvgIpc) is 2.39. The summed E-state index contributed by atoms with van der Waals surface area (Å²) in [6.45, 7) is 0.542. The van der Waals surface area contributed by atoms with Gasteiger partial charge in [0.2, 0.25) is 10.0 Å². The van der Waals surface area contributed by atoms with Gasteiger partial charge in [-0.1, -0.05) is 0 Å². The van der Waals surface area contributed by atoms with Gasteiger partial charge < -0.3 is 4.74 Å². The van der Waals surface area contributed by atoms with Crippen molar-refractivity contribution in [3.05, 3.63) is 24.3 Å². The number of Topliss-reactive ketones (excluding diaryl/α,β-unsaturated/α-hetero) is 1. The number of methoxy groups -OCH3 is 1. The number of piperidine rings is 1. The van der Waals surface area contributed by atoms with Gasteiger partial charge in [0.15, 0.2) is 0 Å². The summed E-state index contributed by atoms with van der Waals surface area (Å²) in [4.78, 5) is 11.4. The van der Waals surface area contributed by atoms with Crippen molar-refractivity contribution in [2.24, 2.45) is 0 Å². The third-order valence-electron chi connectivity index (χ3n) is 2.98. The first-order chi connectivity index (χ1) is 8.54. The van der Waals surface area contributed by atoms with Gasteiger partial charge in [0.25, 0.3) is 0 Å². The molecule has 1 saturated heterocycles. The summed E-state index contributed by atoms with van der Waals surface area (Å²) < 4.78 is 30.9. The van der Waals surface area contributed by atoms with Gasteiger partial charge in [-0.25, -0.2) is 8.42 Å². The van der Waals surface area contributed by atoms with Crippen molar-refractivity contribution >= 4 is 15.8 Å². The molecule has 2 rings (SSSR count). The summed E-state index contributed by atoms with van der Waals surface area (Å²) in [6.07, 6.45) is 0.602. The lowest BCUT2D eigenvalue weighted by atomic mass is 10.1. The molecule has 1 aliphatic rings. The molecule has 0 radical (unpaired) electrons. The average molecular weight is 269 g/mol. The van der Waals surface area contributed by atoms with Crippen molar-refractivity contribution in [1.82, 2.24) is 4.31 Å². The van der Waals surface area contributed by atoms with Gasteiger partial charge in [-0.2, -0.15) is 4.31 Å². The maximum absolute atomic E-state index is 12.3. The molecule has 1 aliphatic heterocycles. The van der Waals surface area contributed by atoms with E-state index in [0.29, 0.717) is 18.6 Å². The summed E-state index contributed by atoms with van der Waals surface area (Å²) in [7, 11) is -1.96. The third-order valence-corrected chi connectivity index (χ3v) is 4.89. The van der Waals surface area contributed by atoms with Crippen molar-refractivity contribution in [2.75, 3.05) is 20.2 Å². The fourth-order valence-electron chi connectivity index (χ4n) is 1.87. The summed E-state index contributed by atoms with van der Waals surface area (Å²) in [5, 5.41) is 0. The molecule has 0 spiro atoms. The summed E-state index contributed by atoms with van der Waals surface area (Å²) in [5.41, 5.74) is 0. The van der Waals surface area contributed by atoms with Crippen LogP contribution in [0, 0.1) is 0 Å². The molecule has 98 valence electrons. The topological polar surface area (TPSA) is 63.7 Å². The lowest BCUT2D eigenvalue weighted by Crippen LogP contribution is -2.38. The fourth-order valence-corrected chi connectivity index (χ4v) is 3.31. The van der Waals surface area contributed by atoms with E-state index < -0.39 is 10.0 Å². The van der Waals surface area contributed by atoms with Gasteiger partial charge >= 0.3 is 0 Å². The lowest BCUT2D eigenvalue weighted by Gasteiger charge is -2.25. The van der Waals surface area contributed by atoms with Crippen molar-refractivity contribution < 1.29 is 17.9 Å². The van der Waals surface area contributed by atoms with Crippen LogP contribution in [0.15, 0.2) is 29.2 Å². The highest BCUT2D eigenvalue weighted by molar-refractivity contribution is 7.89. The van der Waals surface area contributed by atoms with E-state index in [1.54, 1.807) is 12.1 Å². The number of carbonyl (C=O) groups is 1. The maximum Gasteiger partial charge on any atom is 0.243 e. The third kappa shape index (κ3) is 2.54. The van der Waals surface area contributed by atoms with Gasteiger partial charge in [0, 0.05) is 25.9 Å². The zero-order valence-corrected chi connectivity index (χ0v) is 10.9. The largest absolute Gasteiger partial charge is 0.497 e. The highest BCUT2D eigenvalue weighted by Crippen LogP contribution is 2.21. The zero-order chi connectivity index (χ0) is 13.2. The minimum Gasteiger partial charge on any atom is -0.497 e. The SMILES string of the molecule is COc1ccc(S(=O)(=O)N2CCC(=O)CC2)cc1. The number of ketones is 1. The Kier molecular flexibility index (Phi) is 3.68. The van der Waals surface area contributed by atoms with Crippen molar-refractivity contribution in [3.8, 4) is 5.75 Å². The van der Waals surface area contributed by atoms with Crippen molar-refractivity contribution in [2.45, 2.75) is 17.7 Å². The molecule has 1 heterocycles. The van der Waals surface area contributed by atoms with Gasteiger partial charge in [0.05, 0.1) is 12.0 Å². The highest BCUT2D eigenvalue weighted by atomic mass is 32.2. The number of sulfonamides is 1. The number of ether oxygens (including phenoxy) is 1. The Balaban J connectivity index is 2.21. The van der Waals surface area contributed by atoms with Crippen LogP contribution in [0.5, 0.6) is 5.75 Å². The Morgan fingerprint density at radius 1 is 1.11 bits per heavy atom. The quantitative estimate of drug-likeness (QED) is 0.822. The standard InChI is InChI=1S/C12H15NO4S/c1-17-11-2-4-12(5-3-11)18(15,16)13-8-6-10(14)7-9-13/h2-5H,6-9H2,1H3. The number of benzene rings is 1. The zero-order valence-electron chi connectivity index (χ0n) is 10.1. The van der Waals surface area contributed by atoms with Crippen LogP contribution in [0.4, 0.5) is 0 Å². The van der Waals surface area contributed by atoms with Gasteiger partial charge in [-0.05, 0) is 24.3 Å². The normalized spacial score (nSPS) is 17.7. The van der Waals surface area contributed by atoms with Crippen LogP contribution in [-0.4, -0.2) is 38.7 Å². The molecule has 0 saturated carbocycles. The Hall–Kier alpha value is -1.40. The van der Waals surface area contributed by atoms with E-state index in [4.69, 9.17) is 4.74 Å². The fraction of sp³-hybridized carbons (Fsp3) is 0.417. The maximum atomic E-state index is 12.3. The second-order valence-corrected chi connectivity index (χ2v) is 6.06. The summed E-state index contributed by atoms with van der Waals surface area (Å²) in [6, 6.07) is 6.26. The molecule has 0 atom stereocenters. The minimum absolute atomic E-state index is 0.121. The Morgan fingerprint density at radius 2 is 1.67 bits per heavy atom. The van der Waals surface area contributed by atoms with Crippen LogP contribution in [-0.2, 0) is 14.8 Å². The molecule has 1 aromatic carbocycles. The molecule has 18 heavy (non-hydrogen) atoms. The Morgan fingerprint density at radius 3 is 2.17 bits per heavy atom. The Bertz CT molecular complexity index is 526. The van der Waals surface area contributed by atoms with Crippen LogP contribution in [0.2, 0.25) is 0 Å². The molecule has 0 unspecified atom stereocenters.